The summed E-state index contributed by atoms with van der Waals surface area (Å²) in [5.41, 5.74) is 5.16. The number of aromatic hydroxyl groups is 1. The van der Waals surface area contributed by atoms with Crippen LogP contribution in [-0.4, -0.2) is 21.6 Å². The molecular weight excluding hydrogens is 390 g/mol. The highest BCUT2D eigenvalue weighted by Gasteiger charge is 2.39. The molecule has 0 saturated heterocycles. The lowest BCUT2D eigenvalue weighted by molar-refractivity contribution is 0.103. The first-order valence-corrected chi connectivity index (χ1v) is 11.1. The molecule has 0 fully saturated rings. The molecule has 1 heterocycles. The van der Waals surface area contributed by atoms with Crippen molar-refractivity contribution in [2.24, 2.45) is 0 Å². The largest absolute Gasteiger partial charge is 0.508 e. The molecule has 150 valence electrons. The van der Waals surface area contributed by atoms with Crippen LogP contribution in [0.3, 0.4) is 0 Å². The monoisotopic (exact) mass is 413 g/mol. The van der Waals surface area contributed by atoms with Gasteiger partial charge in [0, 0.05) is 38.2 Å². The van der Waals surface area contributed by atoms with Crippen molar-refractivity contribution < 1.29 is 9.90 Å². The average Bonchev–Trinajstić information content (AvgIpc) is 3.13. The molecule has 1 aromatic heterocycles. The molecule has 3 aromatic carbocycles. The fourth-order valence-electron chi connectivity index (χ4n) is 4.42. The Hall–Kier alpha value is -2.98. The molecule has 1 aliphatic carbocycles. The second-order valence-electron chi connectivity index (χ2n) is 8.35. The molecule has 0 aliphatic heterocycles. The lowest BCUT2D eigenvalue weighted by Gasteiger charge is -2.32. The smallest absolute Gasteiger partial charge is 0.195 e. The highest BCUT2D eigenvalue weighted by Crippen LogP contribution is 2.44. The van der Waals surface area contributed by atoms with Crippen molar-refractivity contribution in [3.05, 3.63) is 94.7 Å². The number of hydrogen-bond acceptors (Lipinski definition) is 3. The summed E-state index contributed by atoms with van der Waals surface area (Å²) in [6.07, 6.45) is 1.02. The van der Waals surface area contributed by atoms with Crippen molar-refractivity contribution in [3.8, 4) is 5.75 Å². The predicted molar refractivity (Wildman–Crippen MR) is 123 cm³/mol. The zero-order valence-electron chi connectivity index (χ0n) is 17.0. The van der Waals surface area contributed by atoms with Gasteiger partial charge in [0.25, 0.3) is 0 Å². The number of carbonyl (C=O) groups is 1. The number of fused-ring (bicyclic) bond motifs is 4. The lowest BCUT2D eigenvalue weighted by Crippen LogP contribution is -2.30. The number of hydrogen-bond donors (Lipinski definition) is 2. The summed E-state index contributed by atoms with van der Waals surface area (Å²) in [6, 6.07) is 21.9. The van der Waals surface area contributed by atoms with Crippen LogP contribution in [0.2, 0.25) is 0 Å². The number of phenols is 1. The Bertz CT molecular complexity index is 1270. The first-order chi connectivity index (χ1) is 14.4. The van der Waals surface area contributed by atoms with Crippen LogP contribution in [-0.2, 0) is 11.8 Å². The van der Waals surface area contributed by atoms with Crippen molar-refractivity contribution in [1.29, 1.82) is 0 Å². The van der Waals surface area contributed by atoms with Gasteiger partial charge in [0.2, 0.25) is 0 Å². The number of aromatic nitrogens is 1. The van der Waals surface area contributed by atoms with Crippen LogP contribution in [0.25, 0.3) is 10.9 Å². The van der Waals surface area contributed by atoms with Gasteiger partial charge >= 0.3 is 0 Å². The van der Waals surface area contributed by atoms with Gasteiger partial charge in [0.1, 0.15) is 5.75 Å². The third kappa shape index (κ3) is 3.03. The number of aromatic amines is 1. The van der Waals surface area contributed by atoms with E-state index in [1.54, 1.807) is 18.2 Å². The van der Waals surface area contributed by atoms with Gasteiger partial charge in [-0.3, -0.25) is 4.79 Å². The molecule has 0 spiro atoms. The number of benzene rings is 3. The van der Waals surface area contributed by atoms with Gasteiger partial charge in [-0.1, -0.05) is 50.2 Å². The van der Waals surface area contributed by atoms with Crippen molar-refractivity contribution in [2.75, 3.05) is 5.75 Å². The van der Waals surface area contributed by atoms with Crippen LogP contribution in [0, 0.1) is 0 Å². The van der Waals surface area contributed by atoms with E-state index in [-0.39, 0.29) is 11.5 Å². The van der Waals surface area contributed by atoms with Crippen LogP contribution >= 0.6 is 11.8 Å². The molecule has 3 nitrogen and oxygen atoms in total. The van der Waals surface area contributed by atoms with Crippen molar-refractivity contribution >= 4 is 28.4 Å². The van der Waals surface area contributed by atoms with E-state index in [2.05, 4.69) is 61.3 Å². The third-order valence-electron chi connectivity index (χ3n) is 6.05. The van der Waals surface area contributed by atoms with Gasteiger partial charge in [-0.05, 0) is 47.9 Å². The Balaban J connectivity index is 1.49. The fourth-order valence-corrected chi connectivity index (χ4v) is 5.36. The first-order valence-electron chi connectivity index (χ1n) is 10.2. The maximum Gasteiger partial charge on any atom is 0.195 e. The van der Waals surface area contributed by atoms with Crippen LogP contribution in [0.4, 0.5) is 0 Å². The van der Waals surface area contributed by atoms with Crippen molar-refractivity contribution in [2.45, 2.75) is 30.6 Å². The second kappa shape index (κ2) is 7.06. The zero-order valence-corrected chi connectivity index (χ0v) is 17.8. The topological polar surface area (TPSA) is 53.1 Å². The number of nitrogens with one attached hydrogen (secondary N) is 1. The molecule has 0 bridgehead atoms. The van der Waals surface area contributed by atoms with E-state index in [1.165, 1.54) is 10.5 Å². The van der Waals surface area contributed by atoms with E-state index in [4.69, 9.17) is 0 Å². The molecule has 0 radical (unpaired) electrons. The van der Waals surface area contributed by atoms with Gasteiger partial charge in [-0.2, -0.15) is 0 Å². The standard InChI is InChI=1S/C26H23NO2S/c1-26(2)21-14-17(28)8-10-19(21)24(29)23-20-11-9-18(15-22(20)27-25(23)26)30-13-12-16-6-4-3-5-7-16/h3-11,14-15,27-28H,12-13H2,1-2H3. The molecular formula is C26H23NO2S. The maximum absolute atomic E-state index is 13.3. The molecule has 4 aromatic rings. The minimum atomic E-state index is -0.392. The number of rotatable bonds is 4. The quantitative estimate of drug-likeness (QED) is 0.399. The van der Waals surface area contributed by atoms with Gasteiger partial charge < -0.3 is 10.1 Å². The second-order valence-corrected chi connectivity index (χ2v) is 9.52. The maximum atomic E-state index is 13.3. The SMILES string of the molecule is CC1(C)c2cc(O)ccc2C(=O)c2c1[nH]c1cc(SCCc3ccccc3)ccc21. The molecule has 0 saturated carbocycles. The van der Waals surface area contributed by atoms with E-state index < -0.39 is 5.41 Å². The minimum absolute atomic E-state index is 0.0232. The molecule has 2 N–H and O–H groups in total. The predicted octanol–water partition coefficient (Wildman–Crippen LogP) is 6.08. The normalized spacial score (nSPS) is 14.5. The first kappa shape index (κ1) is 19.0. The van der Waals surface area contributed by atoms with Crippen molar-refractivity contribution in [1.82, 2.24) is 4.98 Å². The Labute approximate surface area is 180 Å². The van der Waals surface area contributed by atoms with E-state index in [1.807, 2.05) is 17.8 Å². The fraction of sp³-hybridized carbons (Fsp3) is 0.192. The van der Waals surface area contributed by atoms with Crippen LogP contribution in [0.15, 0.2) is 71.6 Å². The number of carbonyl (C=O) groups excluding carboxylic acids is 1. The Morgan fingerprint density at radius 3 is 2.60 bits per heavy atom. The summed E-state index contributed by atoms with van der Waals surface area (Å²) in [4.78, 5) is 18.0. The summed E-state index contributed by atoms with van der Waals surface area (Å²) in [5, 5.41) is 10.9. The van der Waals surface area contributed by atoms with E-state index in [0.29, 0.717) is 5.56 Å². The Kier molecular flexibility index (Phi) is 4.48. The number of thioether (sulfide) groups is 1. The molecule has 4 heteroatoms. The molecule has 0 unspecified atom stereocenters. The van der Waals surface area contributed by atoms with Crippen LogP contribution < -0.4 is 0 Å². The summed E-state index contributed by atoms with van der Waals surface area (Å²) < 4.78 is 0. The van der Waals surface area contributed by atoms with E-state index >= 15 is 0 Å². The average molecular weight is 414 g/mol. The molecule has 0 atom stereocenters. The van der Waals surface area contributed by atoms with E-state index in [0.717, 1.165) is 39.9 Å². The van der Waals surface area contributed by atoms with Crippen LogP contribution in [0.1, 0.15) is 46.6 Å². The number of aryl methyl sites for hydroxylation is 1. The van der Waals surface area contributed by atoms with E-state index in [9.17, 15) is 9.90 Å². The summed E-state index contributed by atoms with van der Waals surface area (Å²) in [6.45, 7) is 4.20. The van der Waals surface area contributed by atoms with Gasteiger partial charge in [-0.25, -0.2) is 0 Å². The minimum Gasteiger partial charge on any atom is -0.508 e. The zero-order chi connectivity index (χ0) is 20.9. The Morgan fingerprint density at radius 1 is 1.00 bits per heavy atom. The highest BCUT2D eigenvalue weighted by atomic mass is 32.2. The molecule has 30 heavy (non-hydrogen) atoms. The third-order valence-corrected chi connectivity index (χ3v) is 7.04. The highest BCUT2D eigenvalue weighted by molar-refractivity contribution is 7.99. The number of H-pyrrole nitrogens is 1. The van der Waals surface area contributed by atoms with Gasteiger partial charge in [0.05, 0.1) is 5.56 Å². The van der Waals surface area contributed by atoms with Gasteiger partial charge in [0.15, 0.2) is 5.78 Å². The Morgan fingerprint density at radius 2 is 1.80 bits per heavy atom. The van der Waals surface area contributed by atoms with Crippen LogP contribution in [0.5, 0.6) is 5.75 Å². The molecule has 0 amide bonds. The molecule has 1 aliphatic rings. The number of phenolic OH excluding ortho intramolecular Hbond substituents is 1. The summed E-state index contributed by atoms with van der Waals surface area (Å²) in [5.74, 6) is 1.21. The number of ketones is 1. The summed E-state index contributed by atoms with van der Waals surface area (Å²) in [7, 11) is 0. The molecule has 5 rings (SSSR count). The van der Waals surface area contributed by atoms with Gasteiger partial charge in [-0.15, -0.1) is 11.8 Å². The lowest BCUT2D eigenvalue weighted by atomic mass is 9.71. The van der Waals surface area contributed by atoms with Crippen molar-refractivity contribution in [3.63, 3.8) is 0 Å². The summed E-state index contributed by atoms with van der Waals surface area (Å²) >= 11 is 1.83.